The van der Waals surface area contributed by atoms with Gasteiger partial charge in [-0.2, -0.15) is 0 Å². The summed E-state index contributed by atoms with van der Waals surface area (Å²) in [6.07, 6.45) is -13.6. The first-order valence-corrected chi connectivity index (χ1v) is 15.2. The fourth-order valence-corrected chi connectivity index (χ4v) is 4.96. The smallest absolute Gasteiger partial charge is 0.305 e. The highest BCUT2D eigenvalue weighted by Crippen LogP contribution is 2.35. The molecule has 0 saturated carbocycles. The Kier molecular flexibility index (Phi) is 16.1. The van der Waals surface area contributed by atoms with E-state index in [2.05, 4.69) is 0 Å². The van der Waals surface area contributed by atoms with E-state index in [9.17, 15) is 33.6 Å². The maximum Gasteiger partial charge on any atom is 0.305 e. The van der Waals surface area contributed by atoms with Crippen LogP contribution in [-0.4, -0.2) is 123 Å². The van der Waals surface area contributed by atoms with Crippen LogP contribution in [0.15, 0.2) is 0 Å². The van der Waals surface area contributed by atoms with Gasteiger partial charge in [-0.1, -0.05) is 13.3 Å². The lowest BCUT2D eigenvalue weighted by atomic mass is 9.96. The molecule has 0 spiro atoms. The Morgan fingerprint density at radius 2 is 0.896 bits per heavy atom. The van der Waals surface area contributed by atoms with Gasteiger partial charge in [0.25, 0.3) is 0 Å². The third kappa shape index (κ3) is 12.6. The second-order valence-electron chi connectivity index (χ2n) is 10.9. The van der Waals surface area contributed by atoms with Gasteiger partial charge in [-0.3, -0.25) is 33.6 Å². The van der Waals surface area contributed by atoms with Crippen LogP contribution in [0.5, 0.6) is 0 Å². The number of esters is 7. The van der Waals surface area contributed by atoms with Gasteiger partial charge < -0.3 is 52.1 Å². The van der Waals surface area contributed by atoms with Gasteiger partial charge in [0.2, 0.25) is 6.29 Å². The van der Waals surface area contributed by atoms with Crippen LogP contribution in [0, 0.1) is 0 Å². The lowest BCUT2D eigenvalue weighted by Crippen LogP contribution is -2.67. The van der Waals surface area contributed by atoms with Crippen LogP contribution in [0.3, 0.4) is 0 Å². The first-order valence-electron chi connectivity index (χ1n) is 15.2. The van der Waals surface area contributed by atoms with Crippen molar-refractivity contribution in [3.05, 3.63) is 0 Å². The minimum absolute atomic E-state index is 0.106. The fraction of sp³-hybridized carbons (Fsp3) is 0.767. The van der Waals surface area contributed by atoms with Crippen LogP contribution in [-0.2, 0) is 85.7 Å². The molecule has 0 N–H and O–H groups in total. The number of carbonyl (C=O) groups excluding carboxylic acids is 7. The summed E-state index contributed by atoms with van der Waals surface area (Å²) in [5, 5.41) is 0. The van der Waals surface area contributed by atoms with Crippen molar-refractivity contribution in [1.29, 1.82) is 0 Å². The van der Waals surface area contributed by atoms with Crippen LogP contribution < -0.4 is 0 Å². The highest BCUT2D eigenvalue weighted by molar-refractivity contribution is 5.69. The lowest BCUT2D eigenvalue weighted by molar-refractivity contribution is -0.365. The van der Waals surface area contributed by atoms with Crippen molar-refractivity contribution in [1.82, 2.24) is 0 Å². The summed E-state index contributed by atoms with van der Waals surface area (Å²) in [6.45, 7) is 8.66. The Morgan fingerprint density at radius 3 is 1.33 bits per heavy atom. The molecule has 2 aliphatic heterocycles. The Morgan fingerprint density at radius 1 is 0.479 bits per heavy atom. The summed E-state index contributed by atoms with van der Waals surface area (Å²) in [7, 11) is 0. The second kappa shape index (κ2) is 19.2. The summed E-state index contributed by atoms with van der Waals surface area (Å²) in [5.41, 5.74) is 0. The van der Waals surface area contributed by atoms with Crippen LogP contribution in [0.25, 0.3) is 0 Å². The Bertz CT molecular complexity index is 1150. The van der Waals surface area contributed by atoms with Crippen LogP contribution in [0.2, 0.25) is 0 Å². The van der Waals surface area contributed by atoms with Gasteiger partial charge in [0, 0.05) is 55.1 Å². The second-order valence-corrected chi connectivity index (χ2v) is 10.9. The predicted octanol–water partition coefficient (Wildman–Crippen LogP) is 0.423. The van der Waals surface area contributed by atoms with Crippen LogP contribution in [0.4, 0.5) is 0 Å². The largest absolute Gasteiger partial charge is 0.463 e. The normalized spacial score (nSPS) is 29.8. The van der Waals surface area contributed by atoms with Crippen LogP contribution >= 0.6 is 0 Å². The van der Waals surface area contributed by atoms with Gasteiger partial charge in [-0.25, -0.2) is 0 Å². The molecule has 2 saturated heterocycles. The van der Waals surface area contributed by atoms with Crippen molar-refractivity contribution < 1.29 is 85.7 Å². The fourth-order valence-electron chi connectivity index (χ4n) is 4.96. The van der Waals surface area contributed by atoms with E-state index < -0.39 is 116 Å². The van der Waals surface area contributed by atoms with E-state index in [0.717, 1.165) is 48.5 Å². The molecule has 18 nitrogen and oxygen atoms in total. The molecule has 2 heterocycles. The van der Waals surface area contributed by atoms with Crippen molar-refractivity contribution in [2.75, 3.05) is 19.8 Å². The molecule has 0 unspecified atom stereocenters. The molecule has 0 bridgehead atoms. The molecular weight excluding hydrogens is 648 g/mol. The molecule has 48 heavy (non-hydrogen) atoms. The van der Waals surface area contributed by atoms with Crippen molar-refractivity contribution in [3.8, 4) is 0 Å². The van der Waals surface area contributed by atoms with Crippen LogP contribution in [0.1, 0.15) is 68.2 Å². The SMILES string of the molecule is CCCCO[C@@H]1[C@H](OC(C)=O)[C@@H](O[C@@H]2[C@@H](OC(C)=O)O[C@@H](COC(C)=O)[C@@H](OC(C)=O)[C@@H]2OC(C)=O)O[C@H](COC(C)=O)[C@H]1OC(C)=O. The lowest BCUT2D eigenvalue weighted by Gasteiger charge is -2.48. The quantitative estimate of drug-likeness (QED) is 0.129. The van der Waals surface area contributed by atoms with Gasteiger partial charge in [0.05, 0.1) is 0 Å². The van der Waals surface area contributed by atoms with Crippen molar-refractivity contribution in [2.24, 2.45) is 0 Å². The van der Waals surface area contributed by atoms with E-state index in [4.69, 9.17) is 52.1 Å². The van der Waals surface area contributed by atoms with Gasteiger partial charge in [0.1, 0.15) is 31.5 Å². The zero-order chi connectivity index (χ0) is 36.1. The summed E-state index contributed by atoms with van der Waals surface area (Å²) >= 11 is 0. The van der Waals surface area contributed by atoms with Gasteiger partial charge in [-0.15, -0.1) is 0 Å². The summed E-state index contributed by atoms with van der Waals surface area (Å²) in [6, 6.07) is 0. The third-order valence-electron chi connectivity index (χ3n) is 6.67. The standard InChI is InChI=1S/C30H44O18/c1-9-10-11-38-25-23(41-16(4)33)21(12-39-14(2)31)47-30(27(25)44-19(7)36)48-28-26(43-18(6)35)24(42-17(5)34)22(13-40-15(3)32)46-29(28)45-20(8)37/h21-30H,9-13H2,1-8H3/t21-,22+,23-,24-,25+,26+,27+,28+,29+,30-/m1/s1. The molecule has 272 valence electrons. The molecular formula is C30H44O18. The molecule has 0 aromatic rings. The summed E-state index contributed by atoms with van der Waals surface area (Å²) in [4.78, 5) is 84.7. The Labute approximate surface area is 277 Å². The summed E-state index contributed by atoms with van der Waals surface area (Å²) in [5.74, 6) is -5.61. The van der Waals surface area contributed by atoms with Gasteiger partial charge in [-0.05, 0) is 6.42 Å². The first-order chi connectivity index (χ1) is 22.5. The zero-order valence-electron chi connectivity index (χ0n) is 28.2. The zero-order valence-corrected chi connectivity index (χ0v) is 28.2. The van der Waals surface area contributed by atoms with Crippen molar-refractivity contribution in [2.45, 2.75) is 130 Å². The van der Waals surface area contributed by atoms with E-state index in [0.29, 0.717) is 12.8 Å². The molecule has 0 aromatic heterocycles. The highest BCUT2D eigenvalue weighted by atomic mass is 16.8. The monoisotopic (exact) mass is 692 g/mol. The van der Waals surface area contributed by atoms with Crippen molar-refractivity contribution >= 4 is 41.8 Å². The number of hydrogen-bond acceptors (Lipinski definition) is 18. The topological polar surface area (TPSA) is 221 Å². The molecule has 2 fully saturated rings. The Balaban J connectivity index is 2.70. The number of hydrogen-bond donors (Lipinski definition) is 0. The third-order valence-corrected chi connectivity index (χ3v) is 6.67. The number of unbranched alkanes of at least 4 members (excludes halogenated alkanes) is 1. The number of ether oxygens (including phenoxy) is 11. The van der Waals surface area contributed by atoms with E-state index in [1.807, 2.05) is 6.92 Å². The molecule has 2 aliphatic rings. The minimum Gasteiger partial charge on any atom is -0.463 e. The highest BCUT2D eigenvalue weighted by Gasteiger charge is 2.57. The van der Waals surface area contributed by atoms with E-state index >= 15 is 0 Å². The summed E-state index contributed by atoms with van der Waals surface area (Å²) < 4.78 is 61.9. The maximum absolute atomic E-state index is 12.4. The average Bonchev–Trinajstić information content (AvgIpc) is 2.95. The van der Waals surface area contributed by atoms with E-state index in [1.54, 1.807) is 0 Å². The number of carbonyl (C=O) groups is 7. The number of rotatable bonds is 15. The predicted molar refractivity (Wildman–Crippen MR) is 154 cm³/mol. The minimum atomic E-state index is -1.72. The first kappa shape index (κ1) is 40.3. The molecule has 0 aromatic carbocycles. The van der Waals surface area contributed by atoms with Gasteiger partial charge in [0.15, 0.2) is 36.8 Å². The van der Waals surface area contributed by atoms with Gasteiger partial charge >= 0.3 is 41.8 Å². The van der Waals surface area contributed by atoms with Crippen molar-refractivity contribution in [3.63, 3.8) is 0 Å². The molecule has 10 atom stereocenters. The molecule has 0 aliphatic carbocycles. The maximum atomic E-state index is 12.4. The molecule has 0 amide bonds. The molecule has 0 radical (unpaired) electrons. The van der Waals surface area contributed by atoms with E-state index in [-0.39, 0.29) is 6.61 Å². The van der Waals surface area contributed by atoms with E-state index in [1.165, 1.54) is 0 Å². The molecule has 2 rings (SSSR count). The molecule has 18 heteroatoms. The average molecular weight is 693 g/mol. The Hall–Kier alpha value is -3.87.